The summed E-state index contributed by atoms with van der Waals surface area (Å²) in [7, 11) is 1.78. The van der Waals surface area contributed by atoms with E-state index in [2.05, 4.69) is 10.3 Å². The summed E-state index contributed by atoms with van der Waals surface area (Å²) < 4.78 is 15.0. The molecule has 0 saturated carbocycles. The molecule has 78 valence electrons. The zero-order valence-electron chi connectivity index (χ0n) is 8.66. The lowest BCUT2D eigenvalue weighted by molar-refractivity contribution is 0.625. The van der Waals surface area contributed by atoms with E-state index in [0.717, 1.165) is 11.3 Å². The highest BCUT2D eigenvalue weighted by Gasteiger charge is 2.04. The predicted octanol–water partition coefficient (Wildman–Crippen LogP) is 2.36. The molecule has 1 aromatic heterocycles. The third-order valence-corrected chi connectivity index (χ3v) is 2.17. The fraction of sp³-hybridized carbons (Fsp3) is 0.182. The molecule has 1 aromatic carbocycles. The van der Waals surface area contributed by atoms with Crippen LogP contribution in [0.4, 0.5) is 10.3 Å². The van der Waals surface area contributed by atoms with Crippen LogP contribution in [0.15, 0.2) is 30.6 Å². The number of halogens is 1. The fourth-order valence-corrected chi connectivity index (χ4v) is 1.55. The standard InChI is InChI=1S/C11H12FN3/c1-8-5-9(12)7-10(6-8)15-4-3-14-11(15)13-2/h3-7H,1-2H3,(H,13,14). The molecule has 0 aliphatic rings. The Hall–Kier alpha value is -1.84. The van der Waals surface area contributed by atoms with Gasteiger partial charge in [-0.3, -0.25) is 4.57 Å². The first-order valence-corrected chi connectivity index (χ1v) is 4.69. The van der Waals surface area contributed by atoms with Gasteiger partial charge < -0.3 is 5.32 Å². The third kappa shape index (κ3) is 1.83. The highest BCUT2D eigenvalue weighted by Crippen LogP contribution is 2.16. The average Bonchev–Trinajstić information content (AvgIpc) is 2.63. The normalized spacial score (nSPS) is 10.3. The van der Waals surface area contributed by atoms with Gasteiger partial charge in [-0.25, -0.2) is 9.37 Å². The summed E-state index contributed by atoms with van der Waals surface area (Å²) in [4.78, 5) is 4.10. The zero-order valence-corrected chi connectivity index (χ0v) is 8.66. The second-order valence-corrected chi connectivity index (χ2v) is 3.36. The molecule has 0 bridgehead atoms. The van der Waals surface area contributed by atoms with Gasteiger partial charge >= 0.3 is 0 Å². The highest BCUT2D eigenvalue weighted by atomic mass is 19.1. The summed E-state index contributed by atoms with van der Waals surface area (Å²) in [5.41, 5.74) is 1.66. The first kappa shape index (κ1) is 9.71. The van der Waals surface area contributed by atoms with E-state index in [1.54, 1.807) is 24.0 Å². The zero-order chi connectivity index (χ0) is 10.8. The molecule has 15 heavy (non-hydrogen) atoms. The van der Waals surface area contributed by atoms with Crippen LogP contribution in [-0.2, 0) is 0 Å². The first-order chi connectivity index (χ1) is 7.20. The maximum atomic E-state index is 13.2. The summed E-state index contributed by atoms with van der Waals surface area (Å²) in [6.07, 6.45) is 3.46. The Kier molecular flexibility index (Phi) is 2.41. The van der Waals surface area contributed by atoms with Crippen LogP contribution in [0.5, 0.6) is 0 Å². The SMILES string of the molecule is CNc1nccn1-c1cc(C)cc(F)c1. The van der Waals surface area contributed by atoms with Crippen LogP contribution in [0.1, 0.15) is 5.56 Å². The van der Waals surface area contributed by atoms with E-state index >= 15 is 0 Å². The van der Waals surface area contributed by atoms with Crippen molar-refractivity contribution in [3.63, 3.8) is 0 Å². The number of rotatable bonds is 2. The maximum Gasteiger partial charge on any atom is 0.207 e. The molecule has 2 aromatic rings. The van der Waals surface area contributed by atoms with Crippen molar-refractivity contribution in [1.29, 1.82) is 0 Å². The van der Waals surface area contributed by atoms with E-state index in [1.807, 2.05) is 13.0 Å². The van der Waals surface area contributed by atoms with Crippen molar-refractivity contribution < 1.29 is 4.39 Å². The van der Waals surface area contributed by atoms with E-state index in [0.29, 0.717) is 5.95 Å². The first-order valence-electron chi connectivity index (χ1n) is 4.69. The lowest BCUT2D eigenvalue weighted by Crippen LogP contribution is -2.01. The molecule has 2 rings (SSSR count). The number of anilines is 1. The molecule has 4 heteroatoms. The van der Waals surface area contributed by atoms with Crippen LogP contribution < -0.4 is 5.32 Å². The largest absolute Gasteiger partial charge is 0.358 e. The summed E-state index contributed by atoms with van der Waals surface area (Å²) >= 11 is 0. The van der Waals surface area contributed by atoms with Gasteiger partial charge in [0.05, 0.1) is 5.69 Å². The number of aryl methyl sites for hydroxylation is 1. The van der Waals surface area contributed by atoms with Crippen LogP contribution in [0, 0.1) is 12.7 Å². The lowest BCUT2D eigenvalue weighted by atomic mass is 10.2. The van der Waals surface area contributed by atoms with Crippen LogP contribution in [0.3, 0.4) is 0 Å². The highest BCUT2D eigenvalue weighted by molar-refractivity contribution is 5.43. The lowest BCUT2D eigenvalue weighted by Gasteiger charge is -2.07. The van der Waals surface area contributed by atoms with Crippen LogP contribution in [-0.4, -0.2) is 16.6 Å². The smallest absolute Gasteiger partial charge is 0.207 e. The van der Waals surface area contributed by atoms with Crippen molar-refractivity contribution in [2.24, 2.45) is 0 Å². The minimum atomic E-state index is -0.235. The Labute approximate surface area is 87.6 Å². The Balaban J connectivity index is 2.53. The summed E-state index contributed by atoms with van der Waals surface area (Å²) in [6, 6.07) is 4.89. The van der Waals surface area contributed by atoms with Crippen molar-refractivity contribution in [3.8, 4) is 5.69 Å². The van der Waals surface area contributed by atoms with Gasteiger partial charge in [-0.1, -0.05) is 0 Å². The van der Waals surface area contributed by atoms with Crippen molar-refractivity contribution in [2.75, 3.05) is 12.4 Å². The summed E-state index contributed by atoms with van der Waals surface area (Å²) in [6.45, 7) is 1.86. The van der Waals surface area contributed by atoms with Crippen LogP contribution in [0.25, 0.3) is 5.69 Å². The number of benzene rings is 1. The van der Waals surface area contributed by atoms with E-state index in [9.17, 15) is 4.39 Å². The van der Waals surface area contributed by atoms with Crippen molar-refractivity contribution in [2.45, 2.75) is 6.92 Å². The molecule has 0 aliphatic heterocycles. The van der Waals surface area contributed by atoms with Crippen LogP contribution >= 0.6 is 0 Å². The molecule has 3 nitrogen and oxygen atoms in total. The molecular weight excluding hydrogens is 193 g/mol. The van der Waals surface area contributed by atoms with Crippen LogP contribution in [0.2, 0.25) is 0 Å². The predicted molar refractivity (Wildman–Crippen MR) is 57.8 cm³/mol. The minimum Gasteiger partial charge on any atom is -0.358 e. The molecule has 1 N–H and O–H groups in total. The third-order valence-electron chi connectivity index (χ3n) is 2.17. The molecule has 0 saturated heterocycles. The molecule has 0 amide bonds. The number of nitrogens with zero attached hydrogens (tertiary/aromatic N) is 2. The molecule has 0 aliphatic carbocycles. The summed E-state index contributed by atoms with van der Waals surface area (Å²) in [5, 5.41) is 2.94. The monoisotopic (exact) mass is 205 g/mol. The van der Waals surface area contributed by atoms with Gasteiger partial charge in [0.15, 0.2) is 0 Å². The van der Waals surface area contributed by atoms with E-state index in [1.165, 1.54) is 12.1 Å². The molecule has 0 spiro atoms. The van der Waals surface area contributed by atoms with Gasteiger partial charge in [-0.05, 0) is 30.7 Å². The molecular formula is C11H12FN3. The Bertz CT molecular complexity index is 456. The number of hydrogen-bond acceptors (Lipinski definition) is 2. The van der Waals surface area contributed by atoms with Gasteiger partial charge in [-0.15, -0.1) is 0 Å². The van der Waals surface area contributed by atoms with E-state index < -0.39 is 0 Å². The number of aromatic nitrogens is 2. The number of imidazole rings is 1. The second-order valence-electron chi connectivity index (χ2n) is 3.36. The quantitative estimate of drug-likeness (QED) is 0.815. The Morgan fingerprint density at radius 2 is 2.13 bits per heavy atom. The average molecular weight is 205 g/mol. The second kappa shape index (κ2) is 3.73. The molecule has 1 heterocycles. The van der Waals surface area contributed by atoms with E-state index in [-0.39, 0.29) is 5.82 Å². The topological polar surface area (TPSA) is 29.9 Å². The minimum absolute atomic E-state index is 0.235. The number of nitrogens with one attached hydrogen (secondary N) is 1. The molecule has 0 atom stereocenters. The van der Waals surface area contributed by atoms with Crippen molar-refractivity contribution in [1.82, 2.24) is 9.55 Å². The fourth-order valence-electron chi connectivity index (χ4n) is 1.55. The van der Waals surface area contributed by atoms with Gasteiger partial charge in [0.2, 0.25) is 5.95 Å². The van der Waals surface area contributed by atoms with Crippen molar-refractivity contribution in [3.05, 3.63) is 42.0 Å². The Morgan fingerprint density at radius 1 is 1.33 bits per heavy atom. The van der Waals surface area contributed by atoms with Gasteiger partial charge in [0.1, 0.15) is 5.82 Å². The molecule has 0 fully saturated rings. The van der Waals surface area contributed by atoms with Crippen molar-refractivity contribution >= 4 is 5.95 Å². The molecule has 0 unspecified atom stereocenters. The van der Waals surface area contributed by atoms with Gasteiger partial charge in [-0.2, -0.15) is 0 Å². The number of hydrogen-bond donors (Lipinski definition) is 1. The summed E-state index contributed by atoms with van der Waals surface area (Å²) in [5.74, 6) is 0.459. The molecule has 0 radical (unpaired) electrons. The van der Waals surface area contributed by atoms with Gasteiger partial charge in [0.25, 0.3) is 0 Å². The Morgan fingerprint density at radius 3 is 2.80 bits per heavy atom. The maximum absolute atomic E-state index is 13.2. The van der Waals surface area contributed by atoms with Gasteiger partial charge in [0, 0.05) is 19.4 Å². The van der Waals surface area contributed by atoms with E-state index in [4.69, 9.17) is 0 Å².